The minimum absolute atomic E-state index is 0.0284. The fourth-order valence-corrected chi connectivity index (χ4v) is 5.20. The Labute approximate surface area is 226 Å². The summed E-state index contributed by atoms with van der Waals surface area (Å²) in [6.07, 6.45) is -2.74. The molecule has 214 valence electrons. The molecule has 4 aromatic rings. The Hall–Kier alpha value is -3.43. The van der Waals surface area contributed by atoms with Crippen LogP contribution in [0.4, 0.5) is 5.69 Å². The molecule has 0 spiro atoms. The molecule has 15 nitrogen and oxygen atoms in total. The number of benzene rings is 1. The Bertz CT molecular complexity index is 1710. The van der Waals surface area contributed by atoms with Crippen LogP contribution in [0.1, 0.15) is 25.6 Å². The summed E-state index contributed by atoms with van der Waals surface area (Å²) in [6, 6.07) is 7.03. The second-order valence-corrected chi connectivity index (χ2v) is 10.6. The average molecular weight is 577 g/mol. The number of aromatic nitrogens is 4. The van der Waals surface area contributed by atoms with Gasteiger partial charge in [-0.2, -0.15) is 0 Å². The van der Waals surface area contributed by atoms with E-state index < -0.39 is 44.6 Å². The fourth-order valence-electron chi connectivity index (χ4n) is 4.86. The molecular weight excluding hydrogens is 547 g/mol. The van der Waals surface area contributed by atoms with E-state index in [9.17, 15) is 19.6 Å². The van der Waals surface area contributed by atoms with Crippen molar-refractivity contribution in [2.45, 2.75) is 44.9 Å². The molecule has 5 N–H and O–H groups in total. The van der Waals surface area contributed by atoms with Crippen molar-refractivity contribution in [3.8, 4) is 0 Å². The van der Waals surface area contributed by atoms with E-state index in [2.05, 4.69) is 19.4 Å². The molecule has 16 heteroatoms. The second kappa shape index (κ2) is 10.9. The smallest absolute Gasteiger partial charge is 0.423 e. The molecule has 5 rings (SSSR count). The number of aliphatic hydroxyl groups is 2. The first-order valence-corrected chi connectivity index (χ1v) is 14.0. The molecule has 1 aromatic carbocycles. The zero-order valence-corrected chi connectivity index (χ0v) is 22.5. The molecule has 0 amide bonds. The summed E-state index contributed by atoms with van der Waals surface area (Å²) >= 11 is 0. The molecule has 1 aliphatic rings. The lowest BCUT2D eigenvalue weighted by atomic mass is 10.1. The van der Waals surface area contributed by atoms with Crippen LogP contribution in [-0.4, -0.2) is 77.1 Å². The molecule has 3 aromatic heterocycles. The maximum absolute atomic E-state index is 12.4. The fraction of sp³-hybridized carbons (Fsp3) is 0.417. The quantitative estimate of drug-likeness (QED) is 0.136. The Morgan fingerprint density at radius 3 is 2.58 bits per heavy atom. The van der Waals surface area contributed by atoms with Gasteiger partial charge < -0.3 is 38.6 Å². The van der Waals surface area contributed by atoms with Gasteiger partial charge in [0.1, 0.15) is 29.4 Å². The molecular formula is C24H29N6O9P. The largest absolute Gasteiger partial charge is 0.469 e. The van der Waals surface area contributed by atoms with Gasteiger partial charge in [0.25, 0.3) is 0 Å². The van der Waals surface area contributed by atoms with E-state index in [4.69, 9.17) is 24.4 Å². The van der Waals surface area contributed by atoms with E-state index in [1.54, 1.807) is 0 Å². The van der Waals surface area contributed by atoms with Gasteiger partial charge in [0.15, 0.2) is 17.4 Å². The zero-order valence-electron chi connectivity index (χ0n) is 21.6. The van der Waals surface area contributed by atoms with Crippen molar-refractivity contribution in [2.24, 2.45) is 0 Å². The van der Waals surface area contributed by atoms with Crippen LogP contribution in [0.3, 0.4) is 0 Å². The van der Waals surface area contributed by atoms with Crippen LogP contribution in [0.2, 0.25) is 0 Å². The van der Waals surface area contributed by atoms with Crippen molar-refractivity contribution < 1.29 is 38.2 Å². The lowest BCUT2D eigenvalue weighted by molar-refractivity contribution is -0.0504. The van der Waals surface area contributed by atoms with Crippen LogP contribution in [0.5, 0.6) is 0 Å². The van der Waals surface area contributed by atoms with Crippen LogP contribution in [-0.2, 0) is 20.4 Å². The first-order chi connectivity index (χ1) is 19.0. The first-order valence-electron chi connectivity index (χ1n) is 12.5. The highest BCUT2D eigenvalue weighted by molar-refractivity contribution is 7.46. The number of ether oxygens (including phenoxy) is 1. The van der Waals surface area contributed by atoms with Crippen LogP contribution in [0.25, 0.3) is 22.1 Å². The first kappa shape index (κ1) is 28.1. The van der Waals surface area contributed by atoms with Crippen molar-refractivity contribution in [1.29, 1.82) is 5.41 Å². The summed E-state index contributed by atoms with van der Waals surface area (Å²) in [6.45, 7) is 5.15. The molecule has 0 radical (unpaired) electrons. The van der Waals surface area contributed by atoms with Crippen molar-refractivity contribution in [2.75, 3.05) is 24.6 Å². The third-order valence-electron chi connectivity index (χ3n) is 6.90. The van der Waals surface area contributed by atoms with Gasteiger partial charge in [0, 0.05) is 36.3 Å². The van der Waals surface area contributed by atoms with Crippen LogP contribution < -0.4 is 16.0 Å². The number of imidazole rings is 1. The van der Waals surface area contributed by atoms with Crippen molar-refractivity contribution in [3.63, 3.8) is 0 Å². The second-order valence-electron chi connectivity index (χ2n) is 9.32. The number of anilines is 1. The van der Waals surface area contributed by atoms with E-state index in [1.165, 1.54) is 27.9 Å². The topological polar surface area (TPSA) is 209 Å². The molecule has 4 heterocycles. The van der Waals surface area contributed by atoms with Gasteiger partial charge in [-0.15, -0.1) is 0 Å². The summed E-state index contributed by atoms with van der Waals surface area (Å²) in [5.41, 5.74) is 1.78. The summed E-state index contributed by atoms with van der Waals surface area (Å²) < 4.78 is 29.3. The number of phosphoric acid groups is 1. The lowest BCUT2D eigenvalue weighted by Crippen LogP contribution is -2.33. The number of nitrogens with zero attached hydrogens (tertiary/aromatic N) is 5. The molecule has 1 saturated heterocycles. The third-order valence-corrected chi connectivity index (χ3v) is 7.39. The lowest BCUT2D eigenvalue weighted by Gasteiger charge is -2.21. The highest BCUT2D eigenvalue weighted by Crippen LogP contribution is 2.38. The summed E-state index contributed by atoms with van der Waals surface area (Å²) in [7, 11) is -4.81. The Morgan fingerprint density at radius 1 is 1.12 bits per heavy atom. The summed E-state index contributed by atoms with van der Waals surface area (Å²) in [5, 5.41) is 30.3. The predicted octanol–water partition coefficient (Wildman–Crippen LogP) is 0.442. The van der Waals surface area contributed by atoms with E-state index in [0.29, 0.717) is 16.5 Å². The SMILES string of the molecule is CCN(CC)c1ccc2c(Cn3cnc4c(ncn4[C@@H]4O[C@H](COP(=O)(O)O)[C@@H](O)[C@H]4O)c3=N)cc(=O)oc2c1. The van der Waals surface area contributed by atoms with Gasteiger partial charge in [0.05, 0.1) is 25.8 Å². The molecule has 0 saturated carbocycles. The van der Waals surface area contributed by atoms with Gasteiger partial charge in [-0.05, 0) is 31.5 Å². The maximum atomic E-state index is 12.4. The molecule has 1 fully saturated rings. The number of hydrogen-bond donors (Lipinski definition) is 5. The summed E-state index contributed by atoms with van der Waals surface area (Å²) in [5.74, 6) is 0. The van der Waals surface area contributed by atoms with Gasteiger partial charge in [0.2, 0.25) is 0 Å². The Kier molecular flexibility index (Phi) is 7.63. The van der Waals surface area contributed by atoms with Crippen LogP contribution in [0.15, 0.2) is 46.1 Å². The molecule has 0 unspecified atom stereocenters. The number of rotatable bonds is 9. The highest BCUT2D eigenvalue weighted by atomic mass is 31.2. The minimum Gasteiger partial charge on any atom is -0.423 e. The molecule has 1 aliphatic heterocycles. The van der Waals surface area contributed by atoms with Crippen molar-refractivity contribution in [1.82, 2.24) is 19.1 Å². The third kappa shape index (κ3) is 5.32. The average Bonchev–Trinajstić information content (AvgIpc) is 3.45. The predicted molar refractivity (Wildman–Crippen MR) is 140 cm³/mol. The van der Waals surface area contributed by atoms with Crippen molar-refractivity contribution >= 4 is 35.6 Å². The number of fused-ring (bicyclic) bond motifs is 2. The molecule has 4 atom stereocenters. The van der Waals surface area contributed by atoms with E-state index in [1.807, 2.05) is 32.0 Å². The minimum atomic E-state index is -4.81. The van der Waals surface area contributed by atoms with E-state index in [-0.39, 0.29) is 23.2 Å². The Morgan fingerprint density at radius 2 is 1.88 bits per heavy atom. The van der Waals surface area contributed by atoms with Gasteiger partial charge in [-0.3, -0.25) is 14.5 Å². The van der Waals surface area contributed by atoms with E-state index in [0.717, 1.165) is 18.8 Å². The van der Waals surface area contributed by atoms with Crippen LogP contribution in [0, 0.1) is 5.41 Å². The Balaban J connectivity index is 1.45. The number of nitrogens with one attached hydrogen (secondary N) is 1. The van der Waals surface area contributed by atoms with E-state index >= 15 is 0 Å². The van der Waals surface area contributed by atoms with Crippen molar-refractivity contribution in [3.05, 3.63) is 58.4 Å². The number of hydrogen-bond acceptors (Lipinski definition) is 11. The highest BCUT2D eigenvalue weighted by Gasteiger charge is 2.45. The monoisotopic (exact) mass is 576 g/mol. The zero-order chi connectivity index (χ0) is 28.8. The molecule has 0 bridgehead atoms. The molecule has 40 heavy (non-hydrogen) atoms. The number of aliphatic hydroxyl groups excluding tert-OH is 2. The normalized spacial score (nSPS) is 21.4. The number of phosphoric ester groups is 1. The molecule has 0 aliphatic carbocycles. The summed E-state index contributed by atoms with van der Waals surface area (Å²) in [4.78, 5) is 41.0. The maximum Gasteiger partial charge on any atom is 0.469 e. The standard InChI is InChI=1S/C24H29N6O9P/c1-3-28(4-2)14-5-6-15-13(7-18(31)38-16(15)8-14)9-29-11-27-23-19(22(29)25)26-12-30(23)24-21(33)20(32)17(39-24)10-37-40(34,35)36/h5-8,11-12,17,20-21,24-25,32-33H,3-4,9-10H2,1-2H3,(H2,34,35,36)/t17-,20-,21-,24-/m1/s1. The van der Waals surface area contributed by atoms with Gasteiger partial charge >= 0.3 is 13.4 Å². The van der Waals surface area contributed by atoms with Gasteiger partial charge in [-0.1, -0.05) is 0 Å². The van der Waals surface area contributed by atoms with Gasteiger partial charge in [-0.25, -0.2) is 19.3 Å². The van der Waals surface area contributed by atoms with Crippen LogP contribution >= 0.6 is 7.82 Å².